The van der Waals surface area contributed by atoms with Crippen molar-refractivity contribution in [1.29, 1.82) is 0 Å². The van der Waals surface area contributed by atoms with Crippen molar-refractivity contribution >= 4 is 23.5 Å². The van der Waals surface area contributed by atoms with Gasteiger partial charge in [-0.15, -0.1) is 0 Å². The summed E-state index contributed by atoms with van der Waals surface area (Å²) in [6, 6.07) is 11.7. The highest BCUT2D eigenvalue weighted by atomic mass is 32.2. The minimum atomic E-state index is -0.325. The van der Waals surface area contributed by atoms with E-state index >= 15 is 0 Å². The fourth-order valence-corrected chi connectivity index (χ4v) is 5.78. The van der Waals surface area contributed by atoms with E-state index in [1.807, 2.05) is 0 Å². The molecule has 3 aliphatic rings. The number of methoxy groups -OCH3 is 1. The van der Waals surface area contributed by atoms with Gasteiger partial charge in [0.2, 0.25) is 0 Å². The summed E-state index contributed by atoms with van der Waals surface area (Å²) in [5.74, 6) is 1.69. The lowest BCUT2D eigenvalue weighted by Crippen LogP contribution is -2.20. The van der Waals surface area contributed by atoms with Gasteiger partial charge in [-0.05, 0) is 73.9 Å². The number of halogens is 1. The lowest BCUT2D eigenvalue weighted by atomic mass is 9.79. The van der Waals surface area contributed by atoms with Crippen LogP contribution in [0.15, 0.2) is 45.8 Å². The minimum Gasteiger partial charge on any atom is -0.495 e. The van der Waals surface area contributed by atoms with E-state index in [4.69, 9.17) is 9.26 Å². The fourth-order valence-electron chi connectivity index (χ4n) is 5.00. The summed E-state index contributed by atoms with van der Waals surface area (Å²) >= 11 is 1.17. The number of nitrogens with zero attached hydrogens (tertiary/aromatic N) is 2. The van der Waals surface area contributed by atoms with Crippen LogP contribution in [0.1, 0.15) is 36.8 Å². The molecule has 1 spiro atoms. The summed E-state index contributed by atoms with van der Waals surface area (Å²) in [7, 11) is 1.54. The van der Waals surface area contributed by atoms with Crippen LogP contribution in [0.2, 0.25) is 0 Å². The lowest BCUT2D eigenvalue weighted by Gasteiger charge is -2.27. The number of benzene rings is 2. The van der Waals surface area contributed by atoms with Crippen molar-refractivity contribution in [2.75, 3.05) is 29.8 Å². The molecule has 0 unspecified atom stereocenters. The Kier molecular flexibility index (Phi) is 4.42. The molecule has 3 aromatic rings. The Bertz CT molecular complexity index is 1150. The molecule has 6 rings (SSSR count). The van der Waals surface area contributed by atoms with Crippen molar-refractivity contribution < 1.29 is 13.7 Å². The van der Waals surface area contributed by atoms with Gasteiger partial charge in [0.1, 0.15) is 16.5 Å². The topological polar surface area (TPSA) is 50.5 Å². The lowest BCUT2D eigenvalue weighted by molar-refractivity contribution is 0.397. The molecular weight excluding hydrogens is 413 g/mol. The molecule has 1 aliphatic heterocycles. The van der Waals surface area contributed by atoms with E-state index in [2.05, 4.69) is 33.0 Å². The van der Waals surface area contributed by atoms with Gasteiger partial charge in [0.25, 0.3) is 0 Å². The van der Waals surface area contributed by atoms with Crippen molar-refractivity contribution in [2.24, 2.45) is 0 Å². The van der Waals surface area contributed by atoms with Gasteiger partial charge in [0, 0.05) is 35.3 Å². The van der Waals surface area contributed by atoms with Crippen molar-refractivity contribution in [2.45, 2.75) is 42.4 Å². The van der Waals surface area contributed by atoms with Crippen LogP contribution in [0.3, 0.4) is 0 Å². The van der Waals surface area contributed by atoms with Gasteiger partial charge in [-0.2, -0.15) is 0 Å². The second-order valence-corrected chi connectivity index (χ2v) is 9.51. The third-order valence-corrected chi connectivity index (χ3v) is 7.74. The number of rotatable bonds is 5. The Morgan fingerprint density at radius 2 is 2.03 bits per heavy atom. The van der Waals surface area contributed by atoms with Crippen molar-refractivity contribution in [3.8, 4) is 17.1 Å². The smallest absolute Gasteiger partial charge is 0.183 e. The first-order valence-electron chi connectivity index (χ1n) is 10.8. The average Bonchev–Trinajstić information content (AvgIpc) is 3.18. The van der Waals surface area contributed by atoms with E-state index in [-0.39, 0.29) is 11.2 Å². The monoisotopic (exact) mass is 437 g/mol. The highest BCUT2D eigenvalue weighted by Crippen LogP contribution is 2.59. The number of aromatic nitrogens is 1. The normalized spacial score (nSPS) is 18.1. The third-order valence-electron chi connectivity index (χ3n) is 6.85. The summed E-state index contributed by atoms with van der Waals surface area (Å²) in [5, 5.41) is 4.33. The van der Waals surface area contributed by atoms with Crippen LogP contribution < -0.4 is 14.4 Å². The number of ether oxygens (including phenoxy) is 1. The molecule has 2 heterocycles. The number of anilines is 2. The van der Waals surface area contributed by atoms with Crippen molar-refractivity contribution in [1.82, 2.24) is 5.16 Å². The summed E-state index contributed by atoms with van der Waals surface area (Å²) in [6.07, 6.45) is 5.76. The fraction of sp³-hybridized carbons (Fsp3) is 0.375. The molecule has 7 heteroatoms. The third kappa shape index (κ3) is 3.09. The average molecular weight is 438 g/mol. The molecule has 2 aliphatic carbocycles. The zero-order valence-electron chi connectivity index (χ0n) is 17.4. The maximum Gasteiger partial charge on any atom is 0.183 e. The molecule has 1 saturated carbocycles. The highest BCUT2D eigenvalue weighted by molar-refractivity contribution is 8.00. The Labute approximate surface area is 185 Å². The quantitative estimate of drug-likeness (QED) is 0.510. The van der Waals surface area contributed by atoms with E-state index in [0.717, 1.165) is 36.4 Å². The first kappa shape index (κ1) is 19.0. The van der Waals surface area contributed by atoms with E-state index in [0.29, 0.717) is 16.5 Å². The number of hydrogen-bond acceptors (Lipinski definition) is 6. The molecule has 2 aromatic carbocycles. The summed E-state index contributed by atoms with van der Waals surface area (Å²) < 4.78 is 28.7. The summed E-state index contributed by atoms with van der Waals surface area (Å²) in [4.78, 5) is 2.86. The van der Waals surface area contributed by atoms with Crippen LogP contribution in [0.25, 0.3) is 11.3 Å². The second-order valence-electron chi connectivity index (χ2n) is 8.70. The Hall–Kier alpha value is -2.67. The molecule has 0 radical (unpaired) electrons. The van der Waals surface area contributed by atoms with Crippen molar-refractivity contribution in [3.05, 3.63) is 53.3 Å². The maximum absolute atomic E-state index is 14.3. The molecule has 160 valence electrons. The first-order valence-corrected chi connectivity index (χ1v) is 11.6. The number of fused-ring (bicyclic) bond motifs is 4. The highest BCUT2D eigenvalue weighted by Gasteiger charge is 2.50. The Morgan fingerprint density at radius 1 is 1.19 bits per heavy atom. The van der Waals surface area contributed by atoms with Crippen molar-refractivity contribution in [3.63, 3.8) is 0 Å². The Balaban J connectivity index is 1.35. The van der Waals surface area contributed by atoms with E-state index in [1.165, 1.54) is 54.9 Å². The summed E-state index contributed by atoms with van der Waals surface area (Å²) in [5.41, 5.74) is 5.09. The van der Waals surface area contributed by atoms with Gasteiger partial charge < -0.3 is 18.9 Å². The standard InChI is InChI=1S/C24H24FN3O2S/c1-29-20-6-4-5-19(25)22(20)31-27-23-17-14-24(9-10-24)18-8-7-15(28-11-2-3-12-28)13-16(18)21(17)30-26-23/h4-8,13H,2-3,9-12,14H2,1H3,(H,26,27). The van der Waals surface area contributed by atoms with Crippen LogP contribution in [-0.4, -0.2) is 25.4 Å². The molecule has 2 fully saturated rings. The molecule has 1 saturated heterocycles. The molecule has 5 nitrogen and oxygen atoms in total. The summed E-state index contributed by atoms with van der Waals surface area (Å²) in [6.45, 7) is 2.22. The van der Waals surface area contributed by atoms with Crippen LogP contribution >= 0.6 is 11.9 Å². The largest absolute Gasteiger partial charge is 0.495 e. The second kappa shape index (κ2) is 7.19. The van der Waals surface area contributed by atoms with Gasteiger partial charge in [0.15, 0.2) is 11.6 Å². The van der Waals surface area contributed by atoms with Gasteiger partial charge >= 0.3 is 0 Å². The molecule has 1 N–H and O–H groups in total. The van der Waals surface area contributed by atoms with Crippen LogP contribution in [0.4, 0.5) is 15.9 Å². The first-order chi connectivity index (χ1) is 15.2. The Morgan fingerprint density at radius 3 is 2.81 bits per heavy atom. The van der Waals surface area contributed by atoms with E-state index in [9.17, 15) is 4.39 Å². The molecule has 0 atom stereocenters. The predicted octanol–water partition coefficient (Wildman–Crippen LogP) is 5.80. The zero-order chi connectivity index (χ0) is 21.0. The van der Waals surface area contributed by atoms with Gasteiger partial charge in [-0.3, -0.25) is 0 Å². The van der Waals surface area contributed by atoms with Gasteiger partial charge in [-0.25, -0.2) is 4.39 Å². The van der Waals surface area contributed by atoms with Crippen LogP contribution in [-0.2, 0) is 11.8 Å². The molecule has 0 amide bonds. The van der Waals surface area contributed by atoms with E-state index < -0.39 is 0 Å². The maximum atomic E-state index is 14.3. The molecular formula is C24H24FN3O2S. The zero-order valence-corrected chi connectivity index (χ0v) is 18.2. The van der Waals surface area contributed by atoms with Gasteiger partial charge in [-0.1, -0.05) is 17.3 Å². The minimum absolute atomic E-state index is 0.189. The number of nitrogens with one attached hydrogen (secondary N) is 1. The van der Waals surface area contributed by atoms with E-state index in [1.54, 1.807) is 19.2 Å². The molecule has 0 bridgehead atoms. The van der Waals surface area contributed by atoms with Crippen LogP contribution in [0.5, 0.6) is 5.75 Å². The SMILES string of the molecule is COc1cccc(F)c1SNc1noc2c1CC1(CC1)c1ccc(N3CCCC3)cc1-2. The predicted molar refractivity (Wildman–Crippen MR) is 120 cm³/mol. The van der Waals surface area contributed by atoms with Crippen LogP contribution in [0, 0.1) is 5.82 Å². The number of hydrogen-bond donors (Lipinski definition) is 1. The van der Waals surface area contributed by atoms with Gasteiger partial charge in [0.05, 0.1) is 7.11 Å². The molecule has 31 heavy (non-hydrogen) atoms. The molecule has 1 aromatic heterocycles.